The molecule has 0 saturated heterocycles. The molecule has 7 nitrogen and oxygen atoms in total. The average Bonchev–Trinajstić information content (AvgIpc) is 3.45. The van der Waals surface area contributed by atoms with Crippen LogP contribution >= 0.6 is 35.4 Å². The lowest BCUT2D eigenvalue weighted by Gasteiger charge is -2.32. The molecule has 0 aliphatic carbocycles. The van der Waals surface area contributed by atoms with E-state index in [1.165, 1.54) is 5.56 Å². The van der Waals surface area contributed by atoms with Crippen LogP contribution in [0.25, 0.3) is 0 Å². The molecular weight excluding hydrogens is 635 g/mol. The van der Waals surface area contributed by atoms with Gasteiger partial charge in [-0.05, 0) is 77.5 Å². The number of imidazole rings is 1. The van der Waals surface area contributed by atoms with E-state index in [1.54, 1.807) is 30.7 Å². The van der Waals surface area contributed by atoms with Crippen LogP contribution in [0, 0.1) is 17.2 Å². The second-order valence-corrected chi connectivity index (χ2v) is 13.4. The van der Waals surface area contributed by atoms with Gasteiger partial charge in [0, 0.05) is 43.3 Å². The van der Waals surface area contributed by atoms with Gasteiger partial charge in [-0.15, -0.1) is 0 Å². The van der Waals surface area contributed by atoms with Crippen molar-refractivity contribution >= 4 is 52.1 Å². The predicted molar refractivity (Wildman–Crippen MR) is 191 cm³/mol. The van der Waals surface area contributed by atoms with E-state index in [1.807, 2.05) is 45.9 Å². The minimum atomic E-state index is -0.191. The first kappa shape index (κ1) is 35.0. The number of carbonyl (C=O) groups excluding carboxylic acids is 1. The smallest absolute Gasteiger partial charge is 0.226 e. The van der Waals surface area contributed by atoms with Crippen LogP contribution in [0.2, 0.25) is 10.0 Å². The van der Waals surface area contributed by atoms with Crippen LogP contribution in [-0.2, 0) is 24.3 Å². The monoisotopic (exact) mass is 674 g/mol. The summed E-state index contributed by atoms with van der Waals surface area (Å²) in [5.74, 6) is 0.655. The Morgan fingerprint density at radius 1 is 1.04 bits per heavy atom. The molecule has 46 heavy (non-hydrogen) atoms. The Morgan fingerprint density at radius 2 is 1.76 bits per heavy atom. The largest absolute Gasteiger partial charge is 0.351 e. The third-order valence-corrected chi connectivity index (χ3v) is 8.86. The van der Waals surface area contributed by atoms with Crippen molar-refractivity contribution in [3.8, 4) is 6.07 Å². The highest BCUT2D eigenvalue weighted by atomic mass is 35.5. The lowest BCUT2D eigenvalue weighted by molar-refractivity contribution is -0.121. The summed E-state index contributed by atoms with van der Waals surface area (Å²) in [6.45, 7) is 10.0. The number of rotatable bonds is 13. The second-order valence-electron chi connectivity index (χ2n) is 12.2. The van der Waals surface area contributed by atoms with Crippen molar-refractivity contribution < 1.29 is 4.79 Å². The van der Waals surface area contributed by atoms with Gasteiger partial charge >= 0.3 is 0 Å². The number of aromatic nitrogens is 2. The Hall–Kier alpha value is -3.90. The molecule has 1 amide bonds. The number of hydrogen-bond acceptors (Lipinski definition) is 4. The van der Waals surface area contributed by atoms with Gasteiger partial charge in [0.2, 0.25) is 5.91 Å². The van der Waals surface area contributed by atoms with E-state index in [0.717, 1.165) is 28.9 Å². The summed E-state index contributed by atoms with van der Waals surface area (Å²) in [4.78, 5) is 19.8. The molecule has 4 aromatic rings. The van der Waals surface area contributed by atoms with Crippen LogP contribution in [0.4, 0.5) is 5.69 Å². The van der Waals surface area contributed by atoms with Gasteiger partial charge in [-0.25, -0.2) is 4.98 Å². The van der Waals surface area contributed by atoms with Crippen molar-refractivity contribution in [3.63, 3.8) is 0 Å². The fourth-order valence-electron chi connectivity index (χ4n) is 5.23. The Labute approximate surface area is 287 Å². The Morgan fingerprint density at radius 3 is 2.41 bits per heavy atom. The van der Waals surface area contributed by atoms with Gasteiger partial charge in [0.1, 0.15) is 0 Å². The number of anilines is 1. The zero-order chi connectivity index (χ0) is 33.2. The van der Waals surface area contributed by atoms with Crippen LogP contribution < -0.4 is 10.6 Å². The maximum atomic E-state index is 13.5. The van der Waals surface area contributed by atoms with Crippen LogP contribution in [0.5, 0.6) is 0 Å². The number of benzene rings is 3. The highest BCUT2D eigenvalue weighted by Crippen LogP contribution is 2.27. The highest BCUT2D eigenvalue weighted by Gasteiger charge is 2.22. The van der Waals surface area contributed by atoms with Gasteiger partial charge in [-0.1, -0.05) is 87.3 Å². The van der Waals surface area contributed by atoms with E-state index in [-0.39, 0.29) is 18.4 Å². The van der Waals surface area contributed by atoms with E-state index >= 15 is 0 Å². The lowest BCUT2D eigenvalue weighted by atomic mass is 10.0. The van der Waals surface area contributed by atoms with Crippen molar-refractivity contribution in [3.05, 3.63) is 117 Å². The van der Waals surface area contributed by atoms with E-state index in [4.69, 9.17) is 40.7 Å². The molecule has 240 valence electrons. The van der Waals surface area contributed by atoms with Gasteiger partial charge in [0.05, 0.1) is 34.4 Å². The van der Waals surface area contributed by atoms with Gasteiger partial charge in [-0.2, -0.15) is 5.26 Å². The molecule has 0 unspecified atom stereocenters. The van der Waals surface area contributed by atoms with Crippen molar-refractivity contribution in [1.82, 2.24) is 19.8 Å². The number of amides is 1. The number of thiocarbonyl (C=S) groups is 1. The Balaban J connectivity index is 1.50. The SMILES string of the molecule is CC(C)C[C@@H](CN(Cc1cccc(Cl)c1Cl)C(=S)Nc1ccc(C(C)C)cc1)NC(=O)Cc1cncn1Cc1ccc(C#N)cc1. The molecule has 0 aliphatic heterocycles. The Bertz CT molecular complexity index is 1660. The van der Waals surface area contributed by atoms with Crippen molar-refractivity contribution in [2.75, 3.05) is 11.9 Å². The summed E-state index contributed by atoms with van der Waals surface area (Å²) in [6, 6.07) is 23.2. The molecule has 0 bridgehead atoms. The quantitative estimate of drug-likeness (QED) is 0.139. The van der Waals surface area contributed by atoms with Crippen LogP contribution in [-0.4, -0.2) is 38.1 Å². The Kier molecular flexibility index (Phi) is 12.6. The van der Waals surface area contributed by atoms with Gasteiger partial charge < -0.3 is 20.1 Å². The first-order valence-electron chi connectivity index (χ1n) is 15.4. The molecule has 3 aromatic carbocycles. The highest BCUT2D eigenvalue weighted by molar-refractivity contribution is 7.80. The molecule has 4 rings (SSSR count). The number of nitriles is 1. The molecule has 0 fully saturated rings. The van der Waals surface area contributed by atoms with E-state index < -0.39 is 0 Å². The summed E-state index contributed by atoms with van der Waals surface area (Å²) >= 11 is 18.9. The van der Waals surface area contributed by atoms with Gasteiger partial charge in [0.15, 0.2) is 5.11 Å². The van der Waals surface area contributed by atoms with Gasteiger partial charge in [-0.3, -0.25) is 4.79 Å². The standard InChI is InChI=1S/C36H40Cl2N6OS/c1-24(2)16-31(41-34(45)17-32-19-40-23-44(32)20-27-10-8-26(18-39)9-11-27)22-43(21-29-6-5-7-33(37)35(29)38)36(46)42-30-14-12-28(13-15-30)25(3)4/h5-15,19,23-25,31H,16-17,20-22H2,1-4H3,(H,41,45)(H,42,46)/t31-/m0/s1. The summed E-state index contributed by atoms with van der Waals surface area (Å²) in [6.07, 6.45) is 4.37. The third-order valence-electron chi connectivity index (χ3n) is 7.65. The summed E-state index contributed by atoms with van der Waals surface area (Å²) < 4.78 is 1.95. The first-order chi connectivity index (χ1) is 22.0. The predicted octanol–water partition coefficient (Wildman–Crippen LogP) is 8.21. The third kappa shape index (κ3) is 10.1. The minimum absolute atomic E-state index is 0.101. The fourth-order valence-corrected chi connectivity index (χ4v) is 5.86. The normalized spacial score (nSPS) is 11.7. The number of carbonyl (C=O) groups is 1. The van der Waals surface area contributed by atoms with Crippen molar-refractivity contribution in [2.45, 2.75) is 65.6 Å². The zero-order valence-electron chi connectivity index (χ0n) is 26.6. The minimum Gasteiger partial charge on any atom is -0.351 e. The maximum absolute atomic E-state index is 13.5. The van der Waals surface area contributed by atoms with Crippen LogP contribution in [0.15, 0.2) is 79.3 Å². The molecule has 1 atom stereocenters. The summed E-state index contributed by atoms with van der Waals surface area (Å²) in [7, 11) is 0. The summed E-state index contributed by atoms with van der Waals surface area (Å²) in [5.41, 5.74) is 5.40. The molecule has 0 radical (unpaired) electrons. The van der Waals surface area contributed by atoms with Crippen molar-refractivity contribution in [2.24, 2.45) is 5.92 Å². The topological polar surface area (TPSA) is 86.0 Å². The van der Waals surface area contributed by atoms with Crippen LogP contribution in [0.3, 0.4) is 0 Å². The molecule has 0 spiro atoms. The lowest BCUT2D eigenvalue weighted by Crippen LogP contribution is -2.47. The maximum Gasteiger partial charge on any atom is 0.226 e. The van der Waals surface area contributed by atoms with E-state index in [9.17, 15) is 4.79 Å². The van der Waals surface area contributed by atoms with Gasteiger partial charge in [0.25, 0.3) is 0 Å². The number of nitrogens with one attached hydrogen (secondary N) is 2. The number of halogens is 2. The molecule has 0 aliphatic rings. The number of hydrogen-bond donors (Lipinski definition) is 2. The summed E-state index contributed by atoms with van der Waals surface area (Å²) in [5, 5.41) is 17.2. The fraction of sp³-hybridized carbons (Fsp3) is 0.333. The molecule has 1 heterocycles. The second kappa shape index (κ2) is 16.6. The molecule has 2 N–H and O–H groups in total. The first-order valence-corrected chi connectivity index (χ1v) is 16.5. The molecular formula is C36H40Cl2N6OS. The van der Waals surface area contributed by atoms with E-state index in [2.05, 4.69) is 61.5 Å². The zero-order valence-corrected chi connectivity index (χ0v) is 29.0. The molecule has 1 aromatic heterocycles. The van der Waals surface area contributed by atoms with Crippen LogP contribution in [0.1, 0.15) is 68.0 Å². The van der Waals surface area contributed by atoms with E-state index in [0.29, 0.717) is 52.2 Å². The molecule has 10 heteroatoms. The molecule has 0 saturated carbocycles. The van der Waals surface area contributed by atoms with Crippen molar-refractivity contribution in [1.29, 1.82) is 5.26 Å². The number of nitrogens with zero attached hydrogens (tertiary/aromatic N) is 4. The average molecular weight is 676 g/mol.